The average Bonchev–Trinajstić information content (AvgIpc) is 3.08. The number of carbonyl (C=O) groups excluding carboxylic acids is 1. The van der Waals surface area contributed by atoms with E-state index in [2.05, 4.69) is 41.7 Å². The summed E-state index contributed by atoms with van der Waals surface area (Å²) in [4.78, 5) is 24.2. The molecule has 1 N–H and O–H groups in total. The van der Waals surface area contributed by atoms with Crippen LogP contribution in [0.3, 0.4) is 0 Å². The summed E-state index contributed by atoms with van der Waals surface area (Å²) in [5, 5.41) is 3.09. The topological polar surface area (TPSA) is 63.1 Å². The summed E-state index contributed by atoms with van der Waals surface area (Å²) in [7, 11) is 0. The van der Waals surface area contributed by atoms with E-state index in [-0.39, 0.29) is 6.03 Å². The van der Waals surface area contributed by atoms with Crippen LogP contribution in [-0.2, 0) is 6.42 Å². The molecule has 1 fully saturated rings. The number of hydrogen-bond acceptors (Lipinski definition) is 3. The lowest BCUT2D eigenvalue weighted by Gasteiger charge is -2.33. The predicted molar refractivity (Wildman–Crippen MR) is 121 cm³/mol. The van der Waals surface area contributed by atoms with E-state index in [0.29, 0.717) is 12.0 Å². The normalized spacial score (nSPS) is 15.2. The van der Waals surface area contributed by atoms with Crippen LogP contribution in [0, 0.1) is 19.8 Å². The molecule has 0 radical (unpaired) electrons. The molecule has 3 aromatic rings. The van der Waals surface area contributed by atoms with Crippen LogP contribution in [0.1, 0.15) is 49.7 Å². The maximum absolute atomic E-state index is 12.8. The molecule has 158 valence electrons. The van der Waals surface area contributed by atoms with Gasteiger partial charge in [-0.2, -0.15) is 0 Å². The van der Waals surface area contributed by atoms with Crippen LogP contribution >= 0.6 is 0 Å². The average molecular weight is 406 g/mol. The summed E-state index contributed by atoms with van der Waals surface area (Å²) >= 11 is 0. The fourth-order valence-electron chi connectivity index (χ4n) is 4.28. The number of benzene rings is 1. The SMILES string of the molecule is Cc1cccc(NC(=O)N2CCC(n3c(CC(C)C)nc4cccnc43)CC2)c1C. The summed E-state index contributed by atoms with van der Waals surface area (Å²) in [6.07, 6.45) is 4.59. The lowest BCUT2D eigenvalue weighted by Crippen LogP contribution is -2.41. The van der Waals surface area contributed by atoms with Gasteiger partial charge in [0.05, 0.1) is 0 Å². The molecule has 2 amide bonds. The highest BCUT2D eigenvalue weighted by molar-refractivity contribution is 5.90. The van der Waals surface area contributed by atoms with E-state index >= 15 is 0 Å². The molecule has 4 rings (SSSR count). The molecule has 0 saturated carbocycles. The fraction of sp³-hybridized carbons (Fsp3) is 0.458. The van der Waals surface area contributed by atoms with Gasteiger partial charge in [0.25, 0.3) is 0 Å². The van der Waals surface area contributed by atoms with Crippen molar-refractivity contribution in [3.8, 4) is 0 Å². The Kier molecular flexibility index (Phi) is 5.75. The number of likely N-dealkylation sites (tertiary alicyclic amines) is 1. The van der Waals surface area contributed by atoms with E-state index in [1.165, 1.54) is 5.56 Å². The maximum atomic E-state index is 12.8. The van der Waals surface area contributed by atoms with Gasteiger partial charge in [0.15, 0.2) is 5.65 Å². The molecule has 0 unspecified atom stereocenters. The van der Waals surface area contributed by atoms with Gasteiger partial charge in [-0.3, -0.25) is 0 Å². The smallest absolute Gasteiger partial charge is 0.321 e. The van der Waals surface area contributed by atoms with Gasteiger partial charge in [0.1, 0.15) is 11.3 Å². The molecular weight excluding hydrogens is 374 g/mol. The summed E-state index contributed by atoms with van der Waals surface area (Å²) in [6, 6.07) is 10.3. The van der Waals surface area contributed by atoms with Crippen molar-refractivity contribution in [2.75, 3.05) is 18.4 Å². The summed E-state index contributed by atoms with van der Waals surface area (Å²) in [5.41, 5.74) is 5.12. The van der Waals surface area contributed by atoms with Crippen molar-refractivity contribution in [2.45, 2.75) is 53.0 Å². The number of anilines is 1. The Morgan fingerprint density at radius 1 is 1.17 bits per heavy atom. The molecule has 30 heavy (non-hydrogen) atoms. The molecular formula is C24H31N5O. The first-order valence-corrected chi connectivity index (χ1v) is 10.9. The van der Waals surface area contributed by atoms with Crippen LogP contribution in [0.4, 0.5) is 10.5 Å². The maximum Gasteiger partial charge on any atom is 0.321 e. The Labute approximate surface area is 178 Å². The highest BCUT2D eigenvalue weighted by atomic mass is 16.2. The third-order valence-corrected chi connectivity index (χ3v) is 6.08. The van der Waals surface area contributed by atoms with Crippen molar-refractivity contribution in [1.82, 2.24) is 19.4 Å². The van der Waals surface area contributed by atoms with E-state index in [1.807, 2.05) is 42.3 Å². The van der Waals surface area contributed by atoms with E-state index < -0.39 is 0 Å². The molecule has 0 bridgehead atoms. The van der Waals surface area contributed by atoms with Crippen molar-refractivity contribution in [2.24, 2.45) is 5.92 Å². The van der Waals surface area contributed by atoms with Crippen molar-refractivity contribution < 1.29 is 4.79 Å². The third-order valence-electron chi connectivity index (χ3n) is 6.08. The van der Waals surface area contributed by atoms with Gasteiger partial charge in [-0.25, -0.2) is 14.8 Å². The van der Waals surface area contributed by atoms with E-state index in [1.54, 1.807) is 0 Å². The second kappa shape index (κ2) is 8.46. The molecule has 0 aliphatic carbocycles. The standard InChI is InChI=1S/C24H31N5O/c1-16(2)15-22-26-21-9-6-12-25-23(21)29(22)19-10-13-28(14-11-19)24(30)27-20-8-5-7-17(3)18(20)4/h5-9,12,16,19H,10-11,13-15H2,1-4H3,(H,27,30). The molecule has 6 heteroatoms. The lowest BCUT2D eigenvalue weighted by molar-refractivity contribution is 0.183. The van der Waals surface area contributed by atoms with Gasteiger partial charge < -0.3 is 14.8 Å². The van der Waals surface area contributed by atoms with Crippen molar-refractivity contribution in [3.05, 3.63) is 53.5 Å². The molecule has 1 aromatic carbocycles. The minimum atomic E-state index is -0.0156. The Balaban J connectivity index is 1.48. The number of aromatic nitrogens is 3. The number of hydrogen-bond donors (Lipinski definition) is 1. The number of imidazole rings is 1. The second-order valence-electron chi connectivity index (χ2n) is 8.74. The van der Waals surface area contributed by atoms with Gasteiger partial charge in [-0.15, -0.1) is 0 Å². The minimum absolute atomic E-state index is 0.0156. The van der Waals surface area contributed by atoms with E-state index in [0.717, 1.165) is 60.6 Å². The van der Waals surface area contributed by atoms with Crippen LogP contribution in [0.15, 0.2) is 36.5 Å². The zero-order chi connectivity index (χ0) is 21.3. The van der Waals surface area contributed by atoms with Crippen molar-refractivity contribution in [3.63, 3.8) is 0 Å². The predicted octanol–water partition coefficient (Wildman–Crippen LogP) is 5.12. The molecule has 1 aliphatic rings. The Morgan fingerprint density at radius 3 is 2.67 bits per heavy atom. The summed E-state index contributed by atoms with van der Waals surface area (Å²) in [6.45, 7) is 10.0. The number of nitrogens with zero attached hydrogens (tertiary/aromatic N) is 4. The van der Waals surface area contributed by atoms with Gasteiger partial charge >= 0.3 is 6.03 Å². The number of fused-ring (bicyclic) bond motifs is 1. The number of aryl methyl sites for hydroxylation is 1. The largest absolute Gasteiger partial charge is 0.324 e. The van der Waals surface area contributed by atoms with Gasteiger partial charge in [-0.1, -0.05) is 26.0 Å². The van der Waals surface area contributed by atoms with Crippen LogP contribution in [-0.4, -0.2) is 38.6 Å². The highest BCUT2D eigenvalue weighted by Crippen LogP contribution is 2.29. The van der Waals surface area contributed by atoms with E-state index in [9.17, 15) is 4.79 Å². The lowest BCUT2D eigenvalue weighted by atomic mass is 10.0. The van der Waals surface area contributed by atoms with Crippen molar-refractivity contribution >= 4 is 22.9 Å². The highest BCUT2D eigenvalue weighted by Gasteiger charge is 2.27. The first-order chi connectivity index (χ1) is 14.4. The Bertz CT molecular complexity index is 1050. The number of carbonyl (C=O) groups is 1. The number of amides is 2. The Hall–Kier alpha value is -2.89. The zero-order valence-electron chi connectivity index (χ0n) is 18.4. The van der Waals surface area contributed by atoms with Crippen LogP contribution in [0.5, 0.6) is 0 Å². The first kappa shape index (κ1) is 20.4. The molecule has 1 aliphatic heterocycles. The molecule has 1 saturated heterocycles. The first-order valence-electron chi connectivity index (χ1n) is 10.9. The van der Waals surface area contributed by atoms with Gasteiger partial charge in [-0.05, 0) is 61.9 Å². The Morgan fingerprint density at radius 2 is 1.93 bits per heavy atom. The number of pyridine rings is 1. The molecule has 6 nitrogen and oxygen atoms in total. The molecule has 0 spiro atoms. The fourth-order valence-corrected chi connectivity index (χ4v) is 4.28. The van der Waals surface area contributed by atoms with Crippen LogP contribution in [0.25, 0.3) is 11.2 Å². The van der Waals surface area contributed by atoms with Crippen LogP contribution < -0.4 is 5.32 Å². The molecule has 3 heterocycles. The third kappa shape index (κ3) is 4.04. The summed E-state index contributed by atoms with van der Waals surface area (Å²) < 4.78 is 2.33. The van der Waals surface area contributed by atoms with Gasteiger partial charge in [0, 0.05) is 37.4 Å². The quantitative estimate of drug-likeness (QED) is 0.656. The molecule has 2 aromatic heterocycles. The van der Waals surface area contributed by atoms with Crippen molar-refractivity contribution in [1.29, 1.82) is 0 Å². The number of nitrogens with one attached hydrogen (secondary N) is 1. The van der Waals surface area contributed by atoms with Crippen LogP contribution in [0.2, 0.25) is 0 Å². The number of piperidine rings is 1. The monoisotopic (exact) mass is 405 g/mol. The number of rotatable bonds is 4. The number of urea groups is 1. The second-order valence-corrected chi connectivity index (χ2v) is 8.74. The minimum Gasteiger partial charge on any atom is -0.324 e. The van der Waals surface area contributed by atoms with Gasteiger partial charge in [0.2, 0.25) is 0 Å². The van der Waals surface area contributed by atoms with E-state index in [4.69, 9.17) is 4.98 Å². The zero-order valence-corrected chi connectivity index (χ0v) is 18.4. The molecule has 0 atom stereocenters. The summed E-state index contributed by atoms with van der Waals surface area (Å²) in [5.74, 6) is 1.64.